The van der Waals surface area contributed by atoms with Crippen LogP contribution in [0.1, 0.15) is 6.42 Å². The molecule has 2 rings (SSSR count). The van der Waals surface area contributed by atoms with Crippen LogP contribution < -0.4 is 12.4 Å². The van der Waals surface area contributed by atoms with Gasteiger partial charge in [0.25, 0.3) is 0 Å². The van der Waals surface area contributed by atoms with Crippen LogP contribution in [0.25, 0.3) is 0 Å². The van der Waals surface area contributed by atoms with Crippen molar-refractivity contribution in [1.82, 2.24) is 0 Å². The summed E-state index contributed by atoms with van der Waals surface area (Å²) in [4.78, 5) is 23.4. The Morgan fingerprint density at radius 3 is 2.70 bits per heavy atom. The third-order valence-corrected chi connectivity index (χ3v) is 3.41. The van der Waals surface area contributed by atoms with Crippen LogP contribution in [0.3, 0.4) is 0 Å². The maximum absolute atomic E-state index is 11.8. The number of fused-ring (bicyclic) bond motifs is 2. The molecule has 106 valence electrons. The first-order valence-corrected chi connectivity index (χ1v) is 5.87. The van der Waals surface area contributed by atoms with Gasteiger partial charge in [-0.05, 0) is 11.6 Å². The summed E-state index contributed by atoms with van der Waals surface area (Å²) in [6, 6.07) is 0. The van der Waals surface area contributed by atoms with E-state index in [9.17, 15) is 9.59 Å². The second kappa shape index (κ2) is 8.22. The number of Topliss-reactive ketones (excluding diaryl/α,β-unsaturated/α-hetero) is 1. The van der Waals surface area contributed by atoms with Gasteiger partial charge in [-0.3, -0.25) is 5.92 Å². The normalized spacial score (nSPS) is 23.3. The average Bonchev–Trinajstić information content (AvgIpc) is 2.63. The van der Waals surface area contributed by atoms with Crippen molar-refractivity contribution in [2.24, 2.45) is 5.92 Å². The fourth-order valence-corrected chi connectivity index (χ4v) is 2.23. The van der Waals surface area contributed by atoms with Crippen molar-refractivity contribution in [2.45, 2.75) is 11.8 Å². The Labute approximate surface area is 139 Å². The number of hydrogen-bond donors (Lipinski definition) is 0. The van der Waals surface area contributed by atoms with Crippen LogP contribution in [-0.2, 0) is 26.7 Å². The molecule has 2 aliphatic carbocycles. The van der Waals surface area contributed by atoms with Crippen LogP contribution in [-0.4, -0.2) is 16.9 Å². The second-order valence-corrected chi connectivity index (χ2v) is 4.51. The van der Waals surface area contributed by atoms with E-state index in [1.165, 1.54) is 6.08 Å². The molecule has 0 saturated carbocycles. The van der Waals surface area contributed by atoms with Gasteiger partial charge in [0.15, 0.2) is 0 Å². The van der Waals surface area contributed by atoms with Crippen LogP contribution in [0.4, 0.5) is 0 Å². The molecule has 5 heteroatoms. The molecular weight excluding hydrogens is 347 g/mol. The molecular formula is C15H9Cl2CuO2. The molecule has 0 aromatic heterocycles. The predicted octanol–water partition coefficient (Wildman–Crippen LogP) is -0.875. The summed E-state index contributed by atoms with van der Waals surface area (Å²) in [6.07, 6.45) is 18.3. The van der Waals surface area contributed by atoms with Gasteiger partial charge in [0.05, 0.1) is 22.8 Å². The van der Waals surface area contributed by atoms with Crippen molar-refractivity contribution in [3.63, 3.8) is 0 Å². The minimum atomic E-state index is -0.826. The van der Waals surface area contributed by atoms with E-state index in [-0.39, 0.29) is 35.3 Å². The molecule has 2 atom stereocenters. The molecule has 2 aliphatic rings. The maximum Gasteiger partial charge on any atom is 1.00 e. The van der Waals surface area contributed by atoms with E-state index in [1.807, 2.05) is 0 Å². The number of alkyl halides is 1. The first-order chi connectivity index (χ1) is 8.63. The average molecular weight is 356 g/mol. The third-order valence-electron chi connectivity index (χ3n) is 2.88. The van der Waals surface area contributed by atoms with E-state index < -0.39 is 17.1 Å². The van der Waals surface area contributed by atoms with E-state index in [1.54, 1.807) is 30.2 Å². The number of hydrogen-bond acceptors (Lipinski definition) is 2. The standard InChI is InChI=1S/C15H9ClO2.ClH.Cu/c1-2-13(17)12-7-8-14(18)10-5-3-4-6-11(9-10)15(12)16;;/h3-6,8,12,15H,9H2;1H;/q;;+1/p-1. The van der Waals surface area contributed by atoms with Crippen LogP contribution in [0, 0.1) is 24.3 Å². The predicted molar refractivity (Wildman–Crippen MR) is 68.0 cm³/mol. The van der Waals surface area contributed by atoms with Crippen LogP contribution in [0.15, 0.2) is 41.5 Å². The molecule has 2 nitrogen and oxygen atoms in total. The Morgan fingerprint density at radius 1 is 1.40 bits per heavy atom. The summed E-state index contributed by atoms with van der Waals surface area (Å²) in [5, 5.41) is -0.606. The zero-order valence-electron chi connectivity index (χ0n) is 10.1. The fraction of sp³-hybridized carbons (Fsp3) is 0.200. The summed E-state index contributed by atoms with van der Waals surface area (Å²) in [5.41, 5.74) is 1.40. The summed E-state index contributed by atoms with van der Waals surface area (Å²) in [5.74, 6) is 0.214. The van der Waals surface area contributed by atoms with Crippen molar-refractivity contribution < 1.29 is 39.1 Å². The number of rotatable bonds is 1. The van der Waals surface area contributed by atoms with Crippen molar-refractivity contribution in [3.8, 4) is 5.92 Å². The maximum atomic E-state index is 11.8. The molecule has 0 N–H and O–H groups in total. The molecule has 0 fully saturated rings. The van der Waals surface area contributed by atoms with Gasteiger partial charge in [0, 0.05) is 6.42 Å². The molecule has 0 saturated heterocycles. The monoisotopic (exact) mass is 354 g/mol. The Morgan fingerprint density at radius 2 is 2.05 bits per heavy atom. The van der Waals surface area contributed by atoms with E-state index in [4.69, 9.17) is 18.0 Å². The largest absolute Gasteiger partial charge is 1.00 e. The topological polar surface area (TPSA) is 34.1 Å². The van der Waals surface area contributed by atoms with Crippen LogP contribution in [0.5, 0.6) is 0 Å². The van der Waals surface area contributed by atoms with Crippen molar-refractivity contribution >= 4 is 23.2 Å². The third kappa shape index (κ3) is 3.93. The van der Waals surface area contributed by atoms with Crippen molar-refractivity contribution in [1.29, 1.82) is 0 Å². The van der Waals surface area contributed by atoms with Crippen molar-refractivity contribution in [2.75, 3.05) is 0 Å². The van der Waals surface area contributed by atoms with Gasteiger partial charge in [0.1, 0.15) is 5.92 Å². The van der Waals surface area contributed by atoms with Gasteiger partial charge >= 0.3 is 22.9 Å². The molecule has 0 heterocycles. The number of allylic oxidation sites excluding steroid dienone is 8. The quantitative estimate of drug-likeness (QED) is 0.265. The SMILES string of the molecule is [C-]#CC(=O)C1[C+]=CC(=O)C2=CC=CC=C(C2)C1Cl.[Cl-].[Cu+]. The number of carbonyl (C=O) groups is 2. The molecule has 20 heavy (non-hydrogen) atoms. The summed E-state index contributed by atoms with van der Waals surface area (Å²) in [6.45, 7) is 0. The summed E-state index contributed by atoms with van der Waals surface area (Å²) < 4.78 is 0. The molecule has 0 radical (unpaired) electrons. The smallest absolute Gasteiger partial charge is 1.00 e. The Balaban J connectivity index is 0.00000180. The van der Waals surface area contributed by atoms with E-state index in [0.717, 1.165) is 5.57 Å². The molecule has 2 bridgehead atoms. The van der Waals surface area contributed by atoms with Crippen LogP contribution in [0.2, 0.25) is 0 Å². The van der Waals surface area contributed by atoms with Gasteiger partial charge in [-0.15, -0.1) is 11.6 Å². The van der Waals surface area contributed by atoms with Gasteiger partial charge in [-0.25, -0.2) is 0 Å². The molecule has 0 spiro atoms. The first kappa shape index (κ1) is 18.9. The molecule has 0 aliphatic heterocycles. The Bertz CT molecular complexity index is 565. The summed E-state index contributed by atoms with van der Waals surface area (Å²) in [7, 11) is 0. The van der Waals surface area contributed by atoms with E-state index in [2.05, 4.69) is 6.08 Å². The molecule has 0 aromatic carbocycles. The number of ketones is 2. The van der Waals surface area contributed by atoms with Gasteiger partial charge < -0.3 is 23.6 Å². The molecule has 0 amide bonds. The van der Waals surface area contributed by atoms with Gasteiger partial charge in [0.2, 0.25) is 6.08 Å². The second-order valence-electron chi connectivity index (χ2n) is 4.04. The zero-order valence-corrected chi connectivity index (χ0v) is 12.6. The van der Waals surface area contributed by atoms with Crippen LogP contribution >= 0.6 is 11.6 Å². The van der Waals surface area contributed by atoms with Gasteiger partial charge in [-0.1, -0.05) is 18.2 Å². The fourth-order valence-electron chi connectivity index (χ4n) is 1.89. The van der Waals surface area contributed by atoms with Crippen molar-refractivity contribution in [3.05, 3.63) is 54.0 Å². The number of halogens is 2. The Hall–Kier alpha value is -1.13. The number of carbonyl (C=O) groups excluding carboxylic acids is 2. The minimum Gasteiger partial charge on any atom is -1.00 e. The van der Waals surface area contributed by atoms with Gasteiger partial charge in [-0.2, -0.15) is 4.79 Å². The molecule has 2 unspecified atom stereocenters. The zero-order chi connectivity index (χ0) is 13.1. The Kier molecular flexibility index (Phi) is 7.76. The van der Waals surface area contributed by atoms with E-state index >= 15 is 0 Å². The summed E-state index contributed by atoms with van der Waals surface area (Å²) >= 11 is 6.25. The minimum absolute atomic E-state index is 0. The van der Waals surface area contributed by atoms with E-state index in [0.29, 0.717) is 12.0 Å². The first-order valence-electron chi connectivity index (χ1n) is 5.44. The molecule has 0 aromatic rings.